The average Bonchev–Trinajstić information content (AvgIpc) is 2.28. The van der Waals surface area contributed by atoms with Crippen LogP contribution in [0, 0.1) is 5.41 Å². The highest BCUT2D eigenvalue weighted by Crippen LogP contribution is 2.27. The lowest BCUT2D eigenvalue weighted by Gasteiger charge is -2.23. The van der Waals surface area contributed by atoms with Gasteiger partial charge in [-0.3, -0.25) is 9.59 Å². The number of carbonyl (C=O) groups excluding carboxylic acids is 2. The van der Waals surface area contributed by atoms with Crippen LogP contribution in [0.2, 0.25) is 0 Å². The van der Waals surface area contributed by atoms with Gasteiger partial charge >= 0.3 is 0 Å². The van der Waals surface area contributed by atoms with E-state index in [0.717, 1.165) is 0 Å². The molecule has 0 bridgehead atoms. The second-order valence-corrected chi connectivity index (χ2v) is 3.94. The molecule has 0 aliphatic heterocycles. The van der Waals surface area contributed by atoms with E-state index in [0.29, 0.717) is 12.0 Å². The van der Waals surface area contributed by atoms with E-state index in [2.05, 4.69) is 0 Å². The number of hydrogen-bond acceptors (Lipinski definition) is 2. The van der Waals surface area contributed by atoms with Crippen LogP contribution in [0.25, 0.3) is 0 Å². The van der Waals surface area contributed by atoms with Crippen molar-refractivity contribution in [2.75, 3.05) is 0 Å². The Balaban J connectivity index is 3.08. The first-order valence-electron chi connectivity index (χ1n) is 5.13. The molecule has 0 spiro atoms. The van der Waals surface area contributed by atoms with Crippen LogP contribution in [0.5, 0.6) is 0 Å². The molecule has 2 nitrogen and oxygen atoms in total. The first-order valence-corrected chi connectivity index (χ1v) is 5.13. The van der Waals surface area contributed by atoms with Crippen molar-refractivity contribution in [2.24, 2.45) is 5.41 Å². The summed E-state index contributed by atoms with van der Waals surface area (Å²) in [5.74, 6) is -0.156. The van der Waals surface area contributed by atoms with Gasteiger partial charge in [0.25, 0.3) is 0 Å². The third-order valence-electron chi connectivity index (χ3n) is 3.02. The molecule has 1 unspecified atom stereocenters. The van der Waals surface area contributed by atoms with Crippen LogP contribution in [0.3, 0.4) is 0 Å². The van der Waals surface area contributed by atoms with E-state index >= 15 is 0 Å². The lowest BCUT2D eigenvalue weighted by Crippen LogP contribution is -2.34. The zero-order valence-electron chi connectivity index (χ0n) is 9.41. The van der Waals surface area contributed by atoms with Gasteiger partial charge in [0.15, 0.2) is 5.78 Å². The molecule has 0 aliphatic rings. The molecule has 80 valence electrons. The van der Waals surface area contributed by atoms with Crippen molar-refractivity contribution in [1.29, 1.82) is 0 Å². The summed E-state index contributed by atoms with van der Waals surface area (Å²) >= 11 is 0. The van der Waals surface area contributed by atoms with Gasteiger partial charge in [-0.2, -0.15) is 0 Å². The van der Waals surface area contributed by atoms with E-state index in [1.807, 2.05) is 25.1 Å². The Morgan fingerprint density at radius 3 is 2.13 bits per heavy atom. The van der Waals surface area contributed by atoms with Crippen LogP contribution < -0.4 is 0 Å². The maximum Gasteiger partial charge on any atom is 0.176 e. The number of Topliss-reactive ketones (excluding diaryl/α,β-unsaturated/α-hetero) is 2. The summed E-state index contributed by atoms with van der Waals surface area (Å²) in [5, 5.41) is 0. The topological polar surface area (TPSA) is 34.1 Å². The Bertz CT molecular complexity index is 367. The Morgan fingerprint density at radius 1 is 1.20 bits per heavy atom. The fourth-order valence-corrected chi connectivity index (χ4v) is 1.48. The number of ketones is 2. The molecule has 0 aromatic heterocycles. The first kappa shape index (κ1) is 11.6. The number of carbonyl (C=O) groups is 2. The maximum absolute atomic E-state index is 12.1. The molecule has 0 amide bonds. The molecule has 0 fully saturated rings. The summed E-state index contributed by atoms with van der Waals surface area (Å²) in [5.41, 5.74) is -0.265. The second kappa shape index (κ2) is 4.39. The molecule has 1 atom stereocenters. The van der Waals surface area contributed by atoms with Crippen molar-refractivity contribution in [1.82, 2.24) is 0 Å². The van der Waals surface area contributed by atoms with Gasteiger partial charge in [-0.05, 0) is 20.3 Å². The average molecular weight is 204 g/mol. The Morgan fingerprint density at radius 2 is 1.73 bits per heavy atom. The molecule has 1 aromatic rings. The van der Waals surface area contributed by atoms with Crippen molar-refractivity contribution in [3.8, 4) is 0 Å². The summed E-state index contributed by atoms with van der Waals surface area (Å²) in [6.45, 7) is 5.05. The van der Waals surface area contributed by atoms with E-state index in [4.69, 9.17) is 0 Å². The molecular formula is C13H16O2. The molecule has 0 radical (unpaired) electrons. The summed E-state index contributed by atoms with van der Waals surface area (Å²) in [6.07, 6.45) is 0.538. The van der Waals surface area contributed by atoms with E-state index < -0.39 is 5.41 Å². The lowest BCUT2D eigenvalue weighted by molar-refractivity contribution is -0.123. The predicted molar refractivity (Wildman–Crippen MR) is 59.9 cm³/mol. The zero-order chi connectivity index (χ0) is 11.5. The summed E-state index contributed by atoms with van der Waals surface area (Å²) in [6, 6.07) is 8.97. The van der Waals surface area contributed by atoms with E-state index in [9.17, 15) is 9.59 Å². The van der Waals surface area contributed by atoms with Gasteiger partial charge in [-0.25, -0.2) is 0 Å². The standard InChI is InChI=1S/C13H16O2/c1-4-13(3,10(2)14)12(15)11-8-6-5-7-9-11/h5-9H,4H2,1-3H3. The SMILES string of the molecule is CCC(C)(C(C)=O)C(=O)c1ccccc1. The Hall–Kier alpha value is -1.44. The molecule has 0 saturated heterocycles. The molecule has 2 heteroatoms. The van der Waals surface area contributed by atoms with Gasteiger partial charge in [0, 0.05) is 5.56 Å². The minimum absolute atomic E-state index is 0.0705. The van der Waals surface area contributed by atoms with Crippen LogP contribution in [0.4, 0.5) is 0 Å². The normalized spacial score (nSPS) is 14.3. The molecule has 1 aromatic carbocycles. The van der Waals surface area contributed by atoms with Gasteiger partial charge in [-0.15, -0.1) is 0 Å². The highest BCUT2D eigenvalue weighted by atomic mass is 16.2. The highest BCUT2D eigenvalue weighted by Gasteiger charge is 2.36. The fourth-order valence-electron chi connectivity index (χ4n) is 1.48. The van der Waals surface area contributed by atoms with Gasteiger partial charge in [0.1, 0.15) is 5.78 Å². The van der Waals surface area contributed by atoms with Crippen LogP contribution >= 0.6 is 0 Å². The number of hydrogen-bond donors (Lipinski definition) is 0. The molecule has 1 rings (SSSR count). The van der Waals surface area contributed by atoms with Crippen molar-refractivity contribution in [3.05, 3.63) is 35.9 Å². The third kappa shape index (κ3) is 2.14. The molecule has 0 heterocycles. The predicted octanol–water partition coefficient (Wildman–Crippen LogP) is 2.87. The van der Waals surface area contributed by atoms with Crippen molar-refractivity contribution >= 4 is 11.6 Å². The van der Waals surface area contributed by atoms with E-state index in [1.165, 1.54) is 6.92 Å². The minimum atomic E-state index is -0.874. The van der Waals surface area contributed by atoms with Crippen LogP contribution in [-0.2, 0) is 4.79 Å². The Labute approximate surface area is 90.3 Å². The van der Waals surface area contributed by atoms with Crippen molar-refractivity contribution in [2.45, 2.75) is 27.2 Å². The van der Waals surface area contributed by atoms with Crippen molar-refractivity contribution in [3.63, 3.8) is 0 Å². The zero-order valence-corrected chi connectivity index (χ0v) is 9.41. The minimum Gasteiger partial charge on any atom is -0.299 e. The number of benzene rings is 1. The molecule has 15 heavy (non-hydrogen) atoms. The van der Waals surface area contributed by atoms with Gasteiger partial charge in [0.05, 0.1) is 5.41 Å². The maximum atomic E-state index is 12.1. The van der Waals surface area contributed by atoms with E-state index in [1.54, 1.807) is 19.1 Å². The largest absolute Gasteiger partial charge is 0.299 e. The van der Waals surface area contributed by atoms with Gasteiger partial charge in [0.2, 0.25) is 0 Å². The first-order chi connectivity index (χ1) is 7.02. The molecular weight excluding hydrogens is 188 g/mol. The van der Waals surface area contributed by atoms with Crippen molar-refractivity contribution < 1.29 is 9.59 Å². The summed E-state index contributed by atoms with van der Waals surface area (Å²) < 4.78 is 0. The molecule has 0 aliphatic carbocycles. The molecule has 0 saturated carbocycles. The van der Waals surface area contributed by atoms with Crippen LogP contribution in [-0.4, -0.2) is 11.6 Å². The lowest BCUT2D eigenvalue weighted by atomic mass is 9.77. The van der Waals surface area contributed by atoms with Gasteiger partial charge < -0.3 is 0 Å². The number of rotatable bonds is 4. The second-order valence-electron chi connectivity index (χ2n) is 3.94. The summed E-state index contributed by atoms with van der Waals surface area (Å²) in [4.78, 5) is 23.6. The molecule has 0 N–H and O–H groups in total. The Kier molecular flexibility index (Phi) is 3.40. The van der Waals surface area contributed by atoms with Gasteiger partial charge in [-0.1, -0.05) is 37.3 Å². The monoisotopic (exact) mass is 204 g/mol. The highest BCUT2D eigenvalue weighted by molar-refractivity contribution is 6.13. The smallest absolute Gasteiger partial charge is 0.176 e. The van der Waals surface area contributed by atoms with Crippen LogP contribution in [0.15, 0.2) is 30.3 Å². The quantitative estimate of drug-likeness (QED) is 0.558. The van der Waals surface area contributed by atoms with E-state index in [-0.39, 0.29) is 11.6 Å². The summed E-state index contributed by atoms with van der Waals surface area (Å²) in [7, 11) is 0. The van der Waals surface area contributed by atoms with Crippen LogP contribution in [0.1, 0.15) is 37.6 Å². The third-order valence-corrected chi connectivity index (χ3v) is 3.02. The fraction of sp³-hybridized carbons (Fsp3) is 0.385.